The van der Waals surface area contributed by atoms with Crippen molar-refractivity contribution >= 4 is 0 Å². The summed E-state index contributed by atoms with van der Waals surface area (Å²) in [5, 5.41) is 9.86. The van der Waals surface area contributed by atoms with Gasteiger partial charge in [-0.25, -0.2) is 0 Å². The highest BCUT2D eigenvalue weighted by Gasteiger charge is 2.42. The van der Waals surface area contributed by atoms with E-state index in [1.165, 1.54) is 18.2 Å². The number of halogens is 8. The van der Waals surface area contributed by atoms with E-state index < -0.39 is 49.8 Å². The van der Waals surface area contributed by atoms with Gasteiger partial charge in [-0.1, -0.05) is 30.3 Å². The molecule has 0 spiro atoms. The molecule has 0 aromatic heterocycles. The molecule has 0 saturated carbocycles. The maximum absolute atomic E-state index is 12.5. The molecule has 12 heteroatoms. The van der Waals surface area contributed by atoms with Gasteiger partial charge in [0.05, 0.1) is 6.10 Å². The highest BCUT2D eigenvalue weighted by Crippen LogP contribution is 2.27. The molecule has 33 heavy (non-hydrogen) atoms. The Morgan fingerprint density at radius 2 is 1.61 bits per heavy atom. The van der Waals surface area contributed by atoms with Crippen molar-refractivity contribution in [2.24, 2.45) is 0 Å². The van der Waals surface area contributed by atoms with Gasteiger partial charge in [0.2, 0.25) is 0 Å². The molecule has 0 radical (unpaired) electrons. The summed E-state index contributed by atoms with van der Waals surface area (Å²) in [5.41, 5.74) is 1.20. The van der Waals surface area contributed by atoms with E-state index in [9.17, 15) is 40.2 Å². The summed E-state index contributed by atoms with van der Waals surface area (Å²) in [4.78, 5) is -0.985. The van der Waals surface area contributed by atoms with Crippen LogP contribution in [0.1, 0.15) is 17.5 Å². The lowest BCUT2D eigenvalue weighted by atomic mass is 10.0. The van der Waals surface area contributed by atoms with E-state index in [-0.39, 0.29) is 5.75 Å². The second-order valence-electron chi connectivity index (χ2n) is 7.00. The van der Waals surface area contributed by atoms with Gasteiger partial charge >= 0.3 is 19.2 Å². The predicted molar refractivity (Wildman–Crippen MR) is 102 cm³/mol. The van der Waals surface area contributed by atoms with Gasteiger partial charge in [0.15, 0.2) is 0 Å². The average molecular weight is 487 g/mol. The van der Waals surface area contributed by atoms with Gasteiger partial charge in [-0.2, -0.15) is 26.9 Å². The summed E-state index contributed by atoms with van der Waals surface area (Å²) < 4.78 is 109. The molecule has 184 valence electrons. The number of benzene rings is 2. The van der Waals surface area contributed by atoms with Gasteiger partial charge in [-0.15, -0.1) is 13.2 Å². The molecule has 0 heterocycles. The Hall–Kier alpha value is -2.60. The van der Waals surface area contributed by atoms with Crippen LogP contribution < -0.4 is 9.47 Å². The number of hydrogen-bond donors (Lipinski definition) is 1. The van der Waals surface area contributed by atoms with Gasteiger partial charge < -0.3 is 14.6 Å². The van der Waals surface area contributed by atoms with Gasteiger partial charge in [0, 0.05) is 6.54 Å². The Morgan fingerprint density at radius 1 is 0.909 bits per heavy atom. The quantitative estimate of drug-likeness (QED) is 0.334. The molecule has 1 N–H and O–H groups in total. The average Bonchev–Trinajstić information content (AvgIpc) is 2.69. The van der Waals surface area contributed by atoms with E-state index in [2.05, 4.69) is 4.74 Å². The summed E-state index contributed by atoms with van der Waals surface area (Å²) in [6, 6.07) is 12.0. The fraction of sp³-hybridized carbons (Fsp3) is 0.429. The van der Waals surface area contributed by atoms with Crippen LogP contribution in [0.3, 0.4) is 0 Å². The number of alkyl halides is 8. The van der Waals surface area contributed by atoms with Crippen LogP contribution in [-0.2, 0) is 12.8 Å². The molecular formula is C21H21F8NO3. The number of para-hydroxylation sites is 1. The van der Waals surface area contributed by atoms with E-state index in [0.717, 1.165) is 0 Å². The van der Waals surface area contributed by atoms with Gasteiger partial charge in [0.1, 0.15) is 18.1 Å². The van der Waals surface area contributed by atoms with Crippen LogP contribution in [-0.4, -0.2) is 48.5 Å². The summed E-state index contributed by atoms with van der Waals surface area (Å²) in [5.74, 6) is -0.0508. The van der Waals surface area contributed by atoms with E-state index in [1.54, 1.807) is 30.3 Å². The molecule has 2 rings (SSSR count). The first-order valence-corrected chi connectivity index (χ1v) is 9.70. The second-order valence-corrected chi connectivity index (χ2v) is 7.00. The Balaban J connectivity index is 1.92. The summed E-state index contributed by atoms with van der Waals surface area (Å²) in [6.07, 6.45) is -11.4. The minimum atomic E-state index is -5.23. The number of aliphatic hydroxyl groups excluding tert-OH is 1. The number of aliphatic hydroxyl groups is 1. The number of ether oxygens (including phenoxy) is 2. The minimum absolute atomic E-state index is 0.306. The number of aryl methyl sites for hydroxylation is 2. The lowest BCUT2D eigenvalue weighted by Crippen LogP contribution is -2.43. The normalized spacial score (nSPS) is 13.4. The van der Waals surface area contributed by atoms with Crippen LogP contribution in [0.4, 0.5) is 35.1 Å². The zero-order valence-electron chi connectivity index (χ0n) is 17.0. The summed E-state index contributed by atoms with van der Waals surface area (Å²) >= 11 is 0. The minimum Gasteiger partial charge on any atom is -0.491 e. The second kappa shape index (κ2) is 11.5. The predicted octanol–water partition coefficient (Wildman–Crippen LogP) is 5.54. The lowest BCUT2D eigenvalue weighted by Gasteiger charge is -2.24. The first-order valence-electron chi connectivity index (χ1n) is 9.70. The highest BCUT2D eigenvalue weighted by atomic mass is 19.4. The smallest absolute Gasteiger partial charge is 0.491 e. The number of hydrogen-bond acceptors (Lipinski definition) is 4. The monoisotopic (exact) mass is 487 g/mol. The van der Waals surface area contributed by atoms with Crippen molar-refractivity contribution in [3.05, 3.63) is 59.7 Å². The van der Waals surface area contributed by atoms with Crippen LogP contribution in [0.15, 0.2) is 48.5 Å². The van der Waals surface area contributed by atoms with Crippen LogP contribution in [0.25, 0.3) is 0 Å². The number of nitrogens with zero attached hydrogens (tertiary/aromatic N) is 1. The molecule has 0 bridgehead atoms. The van der Waals surface area contributed by atoms with Crippen molar-refractivity contribution < 1.29 is 49.7 Å². The maximum atomic E-state index is 12.5. The van der Waals surface area contributed by atoms with E-state index >= 15 is 0 Å². The van der Waals surface area contributed by atoms with Gasteiger partial charge in [0.25, 0.3) is 0 Å². The van der Waals surface area contributed by atoms with Crippen molar-refractivity contribution in [1.29, 1.82) is 0 Å². The van der Waals surface area contributed by atoms with Crippen LogP contribution in [0.5, 0.6) is 11.5 Å². The molecule has 0 aliphatic rings. The Morgan fingerprint density at radius 3 is 2.24 bits per heavy atom. The van der Waals surface area contributed by atoms with Crippen molar-refractivity contribution in [3.8, 4) is 11.5 Å². The standard InChI is InChI=1S/C21H21F8NO3/c22-19(23)30(20(24,25)26)11-10-16(31)13-32-18-7-2-1-5-15(18)9-8-14-4-3-6-17(12-14)33-21(27,28)29/h1-7,12,16,19,31H,8-11,13H2. The fourth-order valence-corrected chi connectivity index (χ4v) is 2.92. The van der Waals surface area contributed by atoms with Gasteiger partial charge in [-0.05, 0) is 48.6 Å². The lowest BCUT2D eigenvalue weighted by molar-refractivity contribution is -0.293. The van der Waals surface area contributed by atoms with Crippen LogP contribution >= 0.6 is 0 Å². The zero-order valence-corrected chi connectivity index (χ0v) is 17.0. The molecule has 4 nitrogen and oxygen atoms in total. The maximum Gasteiger partial charge on any atom is 0.573 e. The topological polar surface area (TPSA) is 41.9 Å². The molecule has 1 atom stereocenters. The molecular weight excluding hydrogens is 466 g/mol. The van der Waals surface area contributed by atoms with Crippen molar-refractivity contribution in [3.63, 3.8) is 0 Å². The Kier molecular flexibility index (Phi) is 9.29. The highest BCUT2D eigenvalue weighted by molar-refractivity contribution is 5.35. The van der Waals surface area contributed by atoms with Gasteiger partial charge in [-0.3, -0.25) is 0 Å². The van der Waals surface area contributed by atoms with E-state index in [0.29, 0.717) is 29.7 Å². The summed E-state index contributed by atoms with van der Waals surface area (Å²) in [7, 11) is 0. The largest absolute Gasteiger partial charge is 0.573 e. The van der Waals surface area contributed by atoms with Crippen LogP contribution in [0, 0.1) is 0 Å². The van der Waals surface area contributed by atoms with E-state index in [4.69, 9.17) is 4.74 Å². The van der Waals surface area contributed by atoms with Crippen molar-refractivity contribution in [2.45, 2.75) is 44.6 Å². The molecule has 0 aliphatic heterocycles. The zero-order chi connectivity index (χ0) is 24.6. The fourth-order valence-electron chi connectivity index (χ4n) is 2.92. The summed E-state index contributed by atoms with van der Waals surface area (Å²) in [6.45, 7) is -5.29. The molecule has 2 aromatic rings. The van der Waals surface area contributed by atoms with E-state index in [1.807, 2.05) is 0 Å². The first-order chi connectivity index (χ1) is 15.3. The number of rotatable bonds is 11. The van der Waals surface area contributed by atoms with Crippen molar-refractivity contribution in [1.82, 2.24) is 4.90 Å². The Bertz CT molecular complexity index is 873. The van der Waals surface area contributed by atoms with Crippen molar-refractivity contribution in [2.75, 3.05) is 13.2 Å². The molecule has 2 aromatic carbocycles. The third-order valence-electron chi connectivity index (χ3n) is 4.48. The molecule has 0 amide bonds. The molecule has 0 fully saturated rings. The third-order valence-corrected chi connectivity index (χ3v) is 4.48. The molecule has 1 unspecified atom stereocenters. The third kappa shape index (κ3) is 9.42. The molecule has 0 aliphatic carbocycles. The first kappa shape index (κ1) is 26.7. The molecule has 0 saturated heterocycles. The van der Waals surface area contributed by atoms with Crippen LogP contribution in [0.2, 0.25) is 0 Å². The SMILES string of the molecule is OC(CCN(C(F)F)C(F)(F)F)COc1ccccc1CCc1cccc(OC(F)(F)F)c1. The Labute approximate surface area is 184 Å².